The van der Waals surface area contributed by atoms with Gasteiger partial charge < -0.3 is 9.40 Å². The van der Waals surface area contributed by atoms with Crippen molar-refractivity contribution in [1.29, 1.82) is 0 Å². The number of Topliss-reactive ketones (excluding diaryl/α,β-unsaturated/α-hetero) is 1. The van der Waals surface area contributed by atoms with Gasteiger partial charge in [0.25, 0.3) is 0 Å². The van der Waals surface area contributed by atoms with E-state index in [0.717, 1.165) is 52.3 Å². The second kappa shape index (κ2) is 13.0. The van der Waals surface area contributed by atoms with Gasteiger partial charge >= 0.3 is 0 Å². The highest BCUT2D eigenvalue weighted by molar-refractivity contribution is 6.45. The molecule has 0 saturated carbocycles. The summed E-state index contributed by atoms with van der Waals surface area (Å²) in [6.07, 6.45) is 8.85. The summed E-state index contributed by atoms with van der Waals surface area (Å²) in [6, 6.07) is 27.4. The highest BCUT2D eigenvalue weighted by Crippen LogP contribution is 2.36. The van der Waals surface area contributed by atoms with E-state index in [0.29, 0.717) is 28.4 Å². The lowest BCUT2D eigenvalue weighted by Crippen LogP contribution is -2.11. The molecule has 0 N–H and O–H groups in total. The van der Waals surface area contributed by atoms with Crippen molar-refractivity contribution in [2.75, 3.05) is 0 Å². The predicted molar refractivity (Wildman–Crippen MR) is 188 cm³/mol. The highest BCUT2D eigenvalue weighted by atomic mass is 16.6. The number of carbonyl (C=O) groups is 2. The summed E-state index contributed by atoms with van der Waals surface area (Å²) in [5.74, 6) is 0.688. The molecule has 230 valence electrons. The largest absolute Gasteiger partial charge is 0.357 e. The number of rotatable bonds is 10. The fourth-order valence-corrected chi connectivity index (χ4v) is 6.06. The standard InChI is InChI=1S/C41H38N2O3/c1-6-29-23-30(7-2)39-37(24-29)36-25-34(40(44)27(4)42-46-28(5)31-15-13-26(3)14-16-31)19-22-38(36)43(39)35-20-17-33(18-21-35)41(45)32-11-9-8-10-12-32/h8-13,15-26H,5-7,14H2,1-4H3. The van der Waals surface area contributed by atoms with Gasteiger partial charge in [-0.05, 0) is 91.8 Å². The van der Waals surface area contributed by atoms with Crippen LogP contribution in [0.25, 0.3) is 27.5 Å². The normalized spacial score (nSPS) is 14.8. The summed E-state index contributed by atoms with van der Waals surface area (Å²) in [6.45, 7) is 12.1. The number of carbonyl (C=O) groups excluding carboxylic acids is 2. The number of hydrogen-bond donors (Lipinski definition) is 0. The van der Waals surface area contributed by atoms with Gasteiger partial charge in [-0.25, -0.2) is 0 Å². The van der Waals surface area contributed by atoms with E-state index in [1.54, 1.807) is 6.92 Å². The van der Waals surface area contributed by atoms with Crippen LogP contribution < -0.4 is 0 Å². The van der Waals surface area contributed by atoms with Gasteiger partial charge in [0, 0.05) is 38.7 Å². The molecule has 46 heavy (non-hydrogen) atoms. The third kappa shape index (κ3) is 5.89. The Bertz CT molecular complexity index is 2080. The van der Waals surface area contributed by atoms with Crippen LogP contribution in [0.5, 0.6) is 0 Å². The molecule has 1 heterocycles. The number of aryl methyl sites for hydroxylation is 2. The summed E-state index contributed by atoms with van der Waals surface area (Å²) in [4.78, 5) is 32.3. The van der Waals surface area contributed by atoms with Crippen LogP contribution in [0.4, 0.5) is 0 Å². The molecule has 4 aromatic carbocycles. The average Bonchev–Trinajstić information content (AvgIpc) is 3.43. The second-order valence-electron chi connectivity index (χ2n) is 11.9. The molecule has 6 rings (SSSR count). The molecule has 1 aliphatic rings. The van der Waals surface area contributed by atoms with Crippen LogP contribution in [0.15, 0.2) is 126 Å². The number of aromatic nitrogens is 1. The molecule has 5 aromatic rings. The predicted octanol–water partition coefficient (Wildman–Crippen LogP) is 9.75. The number of benzene rings is 4. The maximum absolute atomic E-state index is 13.6. The van der Waals surface area contributed by atoms with Crippen molar-refractivity contribution in [3.63, 3.8) is 0 Å². The lowest BCUT2D eigenvalue weighted by atomic mass is 9.98. The van der Waals surface area contributed by atoms with Crippen LogP contribution in [0, 0.1) is 5.92 Å². The van der Waals surface area contributed by atoms with Gasteiger partial charge in [0.2, 0.25) is 5.78 Å². The molecule has 0 bridgehead atoms. The molecule has 1 unspecified atom stereocenters. The third-order valence-electron chi connectivity index (χ3n) is 8.73. The topological polar surface area (TPSA) is 60.7 Å². The third-order valence-corrected chi connectivity index (χ3v) is 8.73. The molecule has 1 aliphatic carbocycles. The molecule has 5 nitrogen and oxygen atoms in total. The second-order valence-corrected chi connectivity index (χ2v) is 11.9. The number of ketones is 2. The Morgan fingerprint density at radius 3 is 2.28 bits per heavy atom. The van der Waals surface area contributed by atoms with E-state index in [1.165, 1.54) is 11.1 Å². The minimum absolute atomic E-state index is 0.00882. The first-order chi connectivity index (χ1) is 22.3. The van der Waals surface area contributed by atoms with Crippen LogP contribution >= 0.6 is 0 Å². The van der Waals surface area contributed by atoms with Gasteiger partial charge in [-0.15, -0.1) is 0 Å². The minimum atomic E-state index is -0.205. The number of allylic oxidation sites excluding steroid dienone is 3. The van der Waals surface area contributed by atoms with Gasteiger partial charge in [-0.3, -0.25) is 9.59 Å². The highest BCUT2D eigenvalue weighted by Gasteiger charge is 2.20. The van der Waals surface area contributed by atoms with Gasteiger partial charge in [-0.2, -0.15) is 0 Å². The molecule has 5 heteroatoms. The van der Waals surface area contributed by atoms with Crippen LogP contribution in [0.1, 0.15) is 71.5 Å². The van der Waals surface area contributed by atoms with Crippen molar-refractivity contribution in [2.45, 2.75) is 47.0 Å². The molecule has 0 radical (unpaired) electrons. The summed E-state index contributed by atoms with van der Waals surface area (Å²) in [7, 11) is 0. The molecule has 0 fully saturated rings. The fourth-order valence-electron chi connectivity index (χ4n) is 6.06. The SMILES string of the molecule is C=C(ON=C(C)C(=O)c1ccc2c(c1)c1cc(CC)cc(CC)c1n2-c1ccc(C(=O)c2ccccc2)cc1)C1=CCC(C)C=C1. The number of fused-ring (bicyclic) bond motifs is 3. The Labute approximate surface area is 270 Å². The van der Waals surface area contributed by atoms with Crippen molar-refractivity contribution in [2.24, 2.45) is 11.1 Å². The van der Waals surface area contributed by atoms with Gasteiger partial charge in [0.1, 0.15) is 5.71 Å². The van der Waals surface area contributed by atoms with Crippen LogP contribution in [-0.2, 0) is 17.7 Å². The minimum Gasteiger partial charge on any atom is -0.357 e. The number of nitrogens with zero attached hydrogens (tertiary/aromatic N) is 2. The molecule has 0 saturated heterocycles. The van der Waals surface area contributed by atoms with Crippen molar-refractivity contribution < 1.29 is 14.4 Å². The van der Waals surface area contributed by atoms with Crippen LogP contribution in [0.2, 0.25) is 0 Å². The van der Waals surface area contributed by atoms with E-state index in [9.17, 15) is 9.59 Å². The molecule has 0 aliphatic heterocycles. The number of oxime groups is 1. The van der Waals surface area contributed by atoms with E-state index in [2.05, 4.69) is 61.4 Å². The summed E-state index contributed by atoms with van der Waals surface area (Å²) >= 11 is 0. The lowest BCUT2D eigenvalue weighted by Gasteiger charge is -2.12. The Morgan fingerprint density at radius 1 is 0.891 bits per heavy atom. The fraction of sp³-hybridized carbons (Fsp3) is 0.195. The molecule has 0 spiro atoms. The van der Waals surface area contributed by atoms with Crippen LogP contribution in [0.3, 0.4) is 0 Å². The first-order valence-corrected chi connectivity index (χ1v) is 15.9. The smallest absolute Gasteiger partial charge is 0.210 e. The van der Waals surface area contributed by atoms with Crippen molar-refractivity contribution >= 4 is 39.1 Å². The van der Waals surface area contributed by atoms with Gasteiger partial charge in [-0.1, -0.05) is 87.1 Å². The Hall–Kier alpha value is -5.29. The zero-order chi connectivity index (χ0) is 32.4. The van der Waals surface area contributed by atoms with E-state index >= 15 is 0 Å². The molecular weight excluding hydrogens is 568 g/mol. The van der Waals surface area contributed by atoms with Crippen molar-refractivity contribution in [3.05, 3.63) is 149 Å². The van der Waals surface area contributed by atoms with E-state index in [4.69, 9.17) is 4.84 Å². The summed E-state index contributed by atoms with van der Waals surface area (Å²) < 4.78 is 2.24. The van der Waals surface area contributed by atoms with E-state index in [1.807, 2.05) is 78.9 Å². The Balaban J connectivity index is 1.39. The van der Waals surface area contributed by atoms with E-state index in [-0.39, 0.29) is 17.3 Å². The monoisotopic (exact) mass is 606 g/mol. The van der Waals surface area contributed by atoms with Crippen molar-refractivity contribution in [1.82, 2.24) is 4.57 Å². The summed E-state index contributed by atoms with van der Waals surface area (Å²) in [5.41, 5.74) is 8.49. The molecule has 0 amide bonds. The molecular formula is C41H38N2O3. The lowest BCUT2D eigenvalue weighted by molar-refractivity contribution is 0.103. The van der Waals surface area contributed by atoms with Gasteiger partial charge in [0.15, 0.2) is 11.5 Å². The maximum atomic E-state index is 13.6. The van der Waals surface area contributed by atoms with Crippen molar-refractivity contribution in [3.8, 4) is 5.69 Å². The van der Waals surface area contributed by atoms with Gasteiger partial charge in [0.05, 0.1) is 11.0 Å². The van der Waals surface area contributed by atoms with E-state index < -0.39 is 0 Å². The first kappa shape index (κ1) is 30.7. The quantitative estimate of drug-likeness (QED) is 0.0688. The zero-order valence-electron chi connectivity index (χ0n) is 26.8. The van der Waals surface area contributed by atoms with Crippen LogP contribution in [-0.4, -0.2) is 21.8 Å². The summed E-state index contributed by atoms with van der Waals surface area (Å²) in [5, 5.41) is 6.23. The average molecular weight is 607 g/mol. The Morgan fingerprint density at radius 2 is 1.61 bits per heavy atom. The Kier molecular flexibility index (Phi) is 8.67. The molecule has 1 atom stereocenters. The first-order valence-electron chi connectivity index (χ1n) is 15.9. The maximum Gasteiger partial charge on any atom is 0.210 e. The number of hydrogen-bond acceptors (Lipinski definition) is 4. The molecule has 1 aromatic heterocycles. The zero-order valence-corrected chi connectivity index (χ0v) is 26.8.